The summed E-state index contributed by atoms with van der Waals surface area (Å²) in [6.45, 7) is 1.65. The second-order valence-corrected chi connectivity index (χ2v) is 3.59. The molecule has 1 amide bonds. The summed E-state index contributed by atoms with van der Waals surface area (Å²) >= 11 is 0. The zero-order valence-corrected chi connectivity index (χ0v) is 9.30. The van der Waals surface area contributed by atoms with Crippen molar-refractivity contribution in [2.45, 2.75) is 25.3 Å². The van der Waals surface area contributed by atoms with Crippen molar-refractivity contribution in [3.05, 3.63) is 11.7 Å². The predicted molar refractivity (Wildman–Crippen MR) is 55.4 cm³/mol. The first-order chi connectivity index (χ1) is 7.58. The molecule has 1 heterocycles. The first kappa shape index (κ1) is 12.6. The van der Waals surface area contributed by atoms with Gasteiger partial charge in [0.15, 0.2) is 5.82 Å². The molecule has 0 fully saturated rings. The molecule has 0 unspecified atom stereocenters. The number of primary amides is 1. The molecule has 0 aliphatic heterocycles. The van der Waals surface area contributed by atoms with Gasteiger partial charge in [-0.2, -0.15) is 4.98 Å². The number of carbonyl (C=O) groups excluding carboxylic acids is 1. The Bertz CT molecular complexity index is 348. The van der Waals surface area contributed by atoms with Gasteiger partial charge in [-0.05, 0) is 7.05 Å². The Labute approximate surface area is 93.0 Å². The first-order valence-corrected chi connectivity index (χ1v) is 4.98. The van der Waals surface area contributed by atoms with Crippen LogP contribution in [0.4, 0.5) is 0 Å². The summed E-state index contributed by atoms with van der Waals surface area (Å²) in [4.78, 5) is 14.8. The van der Waals surface area contributed by atoms with E-state index in [2.05, 4.69) is 15.5 Å². The van der Waals surface area contributed by atoms with Crippen LogP contribution in [0.15, 0.2) is 4.52 Å². The van der Waals surface area contributed by atoms with E-state index in [9.17, 15) is 4.79 Å². The number of nitrogens with zero attached hydrogens (tertiary/aromatic N) is 2. The molecule has 0 aliphatic carbocycles. The van der Waals surface area contributed by atoms with Crippen molar-refractivity contribution in [1.29, 1.82) is 0 Å². The van der Waals surface area contributed by atoms with Gasteiger partial charge in [-0.3, -0.25) is 4.79 Å². The normalized spacial score (nSPS) is 14.7. The number of likely N-dealkylation sites (N-methyl/N-ethyl adjacent to an activating group) is 1. The quantitative estimate of drug-likeness (QED) is 0.593. The first-order valence-electron chi connectivity index (χ1n) is 4.98. The lowest BCUT2D eigenvalue weighted by molar-refractivity contribution is -0.118. The molecule has 7 nitrogen and oxygen atoms in total. The van der Waals surface area contributed by atoms with E-state index in [4.69, 9.17) is 15.4 Å². The summed E-state index contributed by atoms with van der Waals surface area (Å²) in [5.41, 5.74) is 5.07. The Morgan fingerprint density at radius 3 is 2.88 bits per heavy atom. The Kier molecular flexibility index (Phi) is 4.39. The van der Waals surface area contributed by atoms with Crippen molar-refractivity contribution in [1.82, 2.24) is 15.5 Å². The molecule has 0 spiro atoms. The monoisotopic (exact) mass is 228 g/mol. The third-order valence-corrected chi connectivity index (χ3v) is 2.23. The maximum absolute atomic E-state index is 10.7. The predicted octanol–water partition coefficient (Wildman–Crippen LogP) is -0.699. The van der Waals surface area contributed by atoms with E-state index >= 15 is 0 Å². The molecular formula is C9H16N4O3. The lowest BCUT2D eigenvalue weighted by atomic mass is 10.1. The zero-order chi connectivity index (χ0) is 12.1. The van der Waals surface area contributed by atoms with Crippen LogP contribution in [0.1, 0.15) is 37.0 Å². The van der Waals surface area contributed by atoms with E-state index in [1.807, 2.05) is 0 Å². The standard InChI is InChI=1S/C9H16N4O3/c1-5(3-7(10)15)9-12-8(13-16-9)6(4-14)11-2/h5-6,11,14H,3-4H2,1-2H3,(H2,10,15)/t5-,6-/m0/s1. The fraction of sp³-hybridized carbons (Fsp3) is 0.667. The Balaban J connectivity index is 2.73. The van der Waals surface area contributed by atoms with Gasteiger partial charge in [-0.15, -0.1) is 0 Å². The van der Waals surface area contributed by atoms with Crippen LogP contribution in [-0.2, 0) is 4.79 Å². The highest BCUT2D eigenvalue weighted by molar-refractivity contribution is 5.74. The average Bonchev–Trinajstić information content (AvgIpc) is 2.68. The third-order valence-electron chi connectivity index (χ3n) is 2.23. The highest BCUT2D eigenvalue weighted by Crippen LogP contribution is 2.18. The van der Waals surface area contributed by atoms with Gasteiger partial charge in [0.25, 0.3) is 0 Å². The van der Waals surface area contributed by atoms with Crippen LogP contribution >= 0.6 is 0 Å². The largest absolute Gasteiger partial charge is 0.394 e. The molecule has 90 valence electrons. The van der Waals surface area contributed by atoms with E-state index in [1.54, 1.807) is 14.0 Å². The summed E-state index contributed by atoms with van der Waals surface area (Å²) < 4.78 is 4.99. The minimum absolute atomic E-state index is 0.125. The number of amides is 1. The molecular weight excluding hydrogens is 212 g/mol. The summed E-state index contributed by atoms with van der Waals surface area (Å²) in [6, 6.07) is -0.363. The summed E-state index contributed by atoms with van der Waals surface area (Å²) in [5.74, 6) is 0.0911. The van der Waals surface area contributed by atoms with Crippen molar-refractivity contribution in [2.75, 3.05) is 13.7 Å². The van der Waals surface area contributed by atoms with Crippen molar-refractivity contribution in [3.8, 4) is 0 Å². The number of aliphatic hydroxyl groups is 1. The van der Waals surface area contributed by atoms with E-state index < -0.39 is 5.91 Å². The number of aromatic nitrogens is 2. The molecule has 0 saturated heterocycles. The molecule has 4 N–H and O–H groups in total. The number of carbonyl (C=O) groups is 1. The van der Waals surface area contributed by atoms with Crippen LogP contribution in [-0.4, -0.2) is 34.8 Å². The smallest absolute Gasteiger partial charge is 0.230 e. The van der Waals surface area contributed by atoms with Gasteiger partial charge in [0.1, 0.15) is 0 Å². The Hall–Kier alpha value is -1.47. The molecule has 1 aromatic heterocycles. The maximum atomic E-state index is 10.7. The summed E-state index contributed by atoms with van der Waals surface area (Å²) in [7, 11) is 1.68. The molecule has 1 rings (SSSR count). The molecule has 2 atom stereocenters. The number of aliphatic hydroxyl groups excluding tert-OH is 1. The van der Waals surface area contributed by atoms with Crippen molar-refractivity contribution >= 4 is 5.91 Å². The zero-order valence-electron chi connectivity index (χ0n) is 9.30. The van der Waals surface area contributed by atoms with E-state index in [-0.39, 0.29) is 25.0 Å². The molecule has 0 aliphatic rings. The third kappa shape index (κ3) is 3.01. The topological polar surface area (TPSA) is 114 Å². The van der Waals surface area contributed by atoms with Gasteiger partial charge in [0, 0.05) is 12.3 Å². The molecule has 0 aromatic carbocycles. The SMILES string of the molecule is CN[C@@H](CO)c1noc([C@@H](C)CC(N)=O)n1. The molecule has 7 heteroatoms. The van der Waals surface area contributed by atoms with E-state index in [0.717, 1.165) is 0 Å². The van der Waals surface area contributed by atoms with Crippen molar-refractivity contribution in [3.63, 3.8) is 0 Å². The number of nitrogens with one attached hydrogen (secondary N) is 1. The van der Waals surface area contributed by atoms with Gasteiger partial charge in [0.2, 0.25) is 11.8 Å². The summed E-state index contributed by atoms with van der Waals surface area (Å²) in [6.07, 6.45) is 0.158. The highest BCUT2D eigenvalue weighted by Gasteiger charge is 2.20. The number of hydrogen-bond donors (Lipinski definition) is 3. The van der Waals surface area contributed by atoms with Crippen LogP contribution in [0, 0.1) is 0 Å². The maximum Gasteiger partial charge on any atom is 0.230 e. The number of hydrogen-bond acceptors (Lipinski definition) is 6. The van der Waals surface area contributed by atoms with Crippen LogP contribution in [0.3, 0.4) is 0 Å². The fourth-order valence-corrected chi connectivity index (χ4v) is 1.28. The van der Waals surface area contributed by atoms with Crippen LogP contribution in [0.2, 0.25) is 0 Å². The lowest BCUT2D eigenvalue weighted by Crippen LogP contribution is -2.21. The Morgan fingerprint density at radius 2 is 2.38 bits per heavy atom. The van der Waals surface area contributed by atoms with Gasteiger partial charge >= 0.3 is 0 Å². The molecule has 16 heavy (non-hydrogen) atoms. The fourth-order valence-electron chi connectivity index (χ4n) is 1.28. The second kappa shape index (κ2) is 5.57. The van der Waals surface area contributed by atoms with E-state index in [0.29, 0.717) is 11.7 Å². The molecule has 0 saturated carbocycles. The lowest BCUT2D eigenvalue weighted by Gasteiger charge is -2.06. The van der Waals surface area contributed by atoms with Crippen molar-refractivity contribution in [2.24, 2.45) is 5.73 Å². The van der Waals surface area contributed by atoms with Crippen molar-refractivity contribution < 1.29 is 14.4 Å². The number of nitrogens with two attached hydrogens (primary N) is 1. The minimum Gasteiger partial charge on any atom is -0.394 e. The minimum atomic E-state index is -0.417. The average molecular weight is 228 g/mol. The summed E-state index contributed by atoms with van der Waals surface area (Å²) in [5, 5.41) is 15.6. The molecule has 0 radical (unpaired) electrons. The van der Waals surface area contributed by atoms with Gasteiger partial charge in [0.05, 0.1) is 12.6 Å². The van der Waals surface area contributed by atoms with E-state index in [1.165, 1.54) is 0 Å². The number of rotatable bonds is 6. The van der Waals surface area contributed by atoms with Gasteiger partial charge in [-0.25, -0.2) is 0 Å². The molecule has 0 bridgehead atoms. The van der Waals surface area contributed by atoms with Gasteiger partial charge < -0.3 is 20.7 Å². The van der Waals surface area contributed by atoms with Crippen LogP contribution in [0.5, 0.6) is 0 Å². The van der Waals surface area contributed by atoms with Crippen LogP contribution in [0.25, 0.3) is 0 Å². The van der Waals surface area contributed by atoms with Crippen LogP contribution < -0.4 is 11.1 Å². The second-order valence-electron chi connectivity index (χ2n) is 3.59. The Morgan fingerprint density at radius 1 is 1.69 bits per heavy atom. The van der Waals surface area contributed by atoms with Gasteiger partial charge in [-0.1, -0.05) is 12.1 Å². The molecule has 1 aromatic rings. The highest BCUT2D eigenvalue weighted by atomic mass is 16.5.